The van der Waals surface area contributed by atoms with Crippen LogP contribution >= 0.6 is 0 Å². The van der Waals surface area contributed by atoms with Gasteiger partial charge >= 0.3 is 0 Å². The van der Waals surface area contributed by atoms with Crippen molar-refractivity contribution >= 4 is 5.78 Å². The zero-order chi connectivity index (χ0) is 10.8. The van der Waals surface area contributed by atoms with Crippen molar-refractivity contribution in [1.29, 1.82) is 0 Å². The highest BCUT2D eigenvalue weighted by molar-refractivity contribution is 5.82. The molecule has 0 amide bonds. The monoisotopic (exact) mass is 211 g/mol. The van der Waals surface area contributed by atoms with Gasteiger partial charge in [-0.1, -0.05) is 6.07 Å². The molecule has 1 aromatic rings. The molecular formula is C11H11F2NO. The van der Waals surface area contributed by atoms with Crippen LogP contribution in [0.1, 0.15) is 12.0 Å². The van der Waals surface area contributed by atoms with Crippen molar-refractivity contribution in [2.24, 2.45) is 0 Å². The van der Waals surface area contributed by atoms with Crippen LogP contribution in [0.2, 0.25) is 0 Å². The van der Waals surface area contributed by atoms with E-state index >= 15 is 0 Å². The molecule has 1 aromatic carbocycles. The number of hydrogen-bond acceptors (Lipinski definition) is 2. The zero-order valence-corrected chi connectivity index (χ0v) is 8.17. The highest BCUT2D eigenvalue weighted by Crippen LogP contribution is 2.16. The predicted molar refractivity (Wildman–Crippen MR) is 51.3 cm³/mol. The number of hydrogen-bond donors (Lipinski definition) is 0. The molecule has 0 aliphatic carbocycles. The van der Waals surface area contributed by atoms with Crippen LogP contribution in [0.15, 0.2) is 18.2 Å². The van der Waals surface area contributed by atoms with Gasteiger partial charge in [0.2, 0.25) is 0 Å². The lowest BCUT2D eigenvalue weighted by Crippen LogP contribution is -2.21. The van der Waals surface area contributed by atoms with Gasteiger partial charge in [-0.3, -0.25) is 9.69 Å². The van der Waals surface area contributed by atoms with Crippen LogP contribution in [0.25, 0.3) is 0 Å². The Morgan fingerprint density at radius 1 is 1.27 bits per heavy atom. The highest BCUT2D eigenvalue weighted by atomic mass is 19.1. The van der Waals surface area contributed by atoms with Gasteiger partial charge in [0.1, 0.15) is 17.4 Å². The molecule has 1 aliphatic rings. The van der Waals surface area contributed by atoms with E-state index in [1.165, 1.54) is 18.2 Å². The van der Waals surface area contributed by atoms with Crippen LogP contribution in [0.5, 0.6) is 0 Å². The third-order valence-electron chi connectivity index (χ3n) is 2.55. The highest BCUT2D eigenvalue weighted by Gasteiger charge is 2.21. The Morgan fingerprint density at radius 2 is 1.93 bits per heavy atom. The summed E-state index contributed by atoms with van der Waals surface area (Å²) in [6.07, 6.45) is 0.482. The third-order valence-corrected chi connectivity index (χ3v) is 2.55. The molecule has 4 heteroatoms. The standard InChI is InChI=1S/C11H11F2NO/c12-10-2-1-3-11(13)9(10)7-14-5-4-8(15)6-14/h1-3H,4-7H2. The summed E-state index contributed by atoms with van der Waals surface area (Å²) in [6.45, 7) is 1.06. The van der Waals surface area contributed by atoms with E-state index in [2.05, 4.69) is 0 Å². The number of nitrogens with zero attached hydrogens (tertiary/aromatic N) is 1. The fourth-order valence-corrected chi connectivity index (χ4v) is 1.73. The van der Waals surface area contributed by atoms with Gasteiger partial charge in [-0.05, 0) is 12.1 Å². The zero-order valence-electron chi connectivity index (χ0n) is 8.17. The Morgan fingerprint density at radius 3 is 2.47 bits per heavy atom. The molecule has 1 heterocycles. The topological polar surface area (TPSA) is 20.3 Å². The number of ketones is 1. The predicted octanol–water partition coefficient (Wildman–Crippen LogP) is 1.74. The van der Waals surface area contributed by atoms with Gasteiger partial charge in [0, 0.05) is 25.1 Å². The van der Waals surface area contributed by atoms with Crippen molar-refractivity contribution in [1.82, 2.24) is 4.90 Å². The second-order valence-electron chi connectivity index (χ2n) is 3.70. The Hall–Kier alpha value is -1.29. The minimum absolute atomic E-state index is 0.0483. The summed E-state index contributed by atoms with van der Waals surface area (Å²) in [7, 11) is 0. The van der Waals surface area contributed by atoms with E-state index in [-0.39, 0.29) is 17.9 Å². The van der Waals surface area contributed by atoms with Crippen LogP contribution < -0.4 is 0 Å². The van der Waals surface area contributed by atoms with E-state index in [4.69, 9.17) is 0 Å². The number of rotatable bonds is 2. The number of benzene rings is 1. The second kappa shape index (κ2) is 4.06. The smallest absolute Gasteiger partial charge is 0.148 e. The van der Waals surface area contributed by atoms with Crippen molar-refractivity contribution < 1.29 is 13.6 Å². The lowest BCUT2D eigenvalue weighted by atomic mass is 10.2. The van der Waals surface area contributed by atoms with Crippen LogP contribution in [0.4, 0.5) is 8.78 Å². The number of halogens is 2. The van der Waals surface area contributed by atoms with Gasteiger partial charge < -0.3 is 0 Å². The molecule has 15 heavy (non-hydrogen) atoms. The van der Waals surface area contributed by atoms with Gasteiger partial charge in [-0.15, -0.1) is 0 Å². The van der Waals surface area contributed by atoms with E-state index in [0.29, 0.717) is 19.5 Å². The second-order valence-corrected chi connectivity index (χ2v) is 3.70. The average molecular weight is 211 g/mol. The van der Waals surface area contributed by atoms with Crippen LogP contribution in [0.3, 0.4) is 0 Å². The molecule has 1 saturated heterocycles. The number of carbonyl (C=O) groups is 1. The summed E-state index contributed by atoms with van der Waals surface area (Å²) in [5.41, 5.74) is 0.0483. The molecule has 0 radical (unpaired) electrons. The maximum atomic E-state index is 13.2. The fraction of sp³-hybridized carbons (Fsp3) is 0.364. The Balaban J connectivity index is 2.13. The summed E-state index contributed by atoms with van der Waals surface area (Å²) in [5.74, 6) is -0.963. The SMILES string of the molecule is O=C1CCN(Cc2c(F)cccc2F)C1. The number of Topliss-reactive ketones (excluding diaryl/α,β-unsaturated/α-hetero) is 1. The van der Waals surface area contributed by atoms with Crippen LogP contribution in [-0.2, 0) is 11.3 Å². The van der Waals surface area contributed by atoms with Gasteiger partial charge in [-0.2, -0.15) is 0 Å². The van der Waals surface area contributed by atoms with Crippen LogP contribution in [-0.4, -0.2) is 23.8 Å². The van der Waals surface area contributed by atoms with Crippen molar-refractivity contribution in [3.63, 3.8) is 0 Å². The van der Waals surface area contributed by atoms with Crippen molar-refractivity contribution in [2.45, 2.75) is 13.0 Å². The Bertz CT molecular complexity index is 372. The molecule has 80 valence electrons. The first-order valence-electron chi connectivity index (χ1n) is 4.84. The van der Waals surface area contributed by atoms with Gasteiger partial charge in [0.15, 0.2) is 0 Å². The molecule has 0 atom stereocenters. The maximum Gasteiger partial charge on any atom is 0.148 e. The molecule has 1 fully saturated rings. The van der Waals surface area contributed by atoms with Gasteiger partial charge in [0.25, 0.3) is 0 Å². The molecule has 0 aromatic heterocycles. The summed E-state index contributed by atoms with van der Waals surface area (Å²) < 4.78 is 26.5. The van der Waals surface area contributed by atoms with Gasteiger partial charge in [0.05, 0.1) is 6.54 Å². The maximum absolute atomic E-state index is 13.2. The van der Waals surface area contributed by atoms with Crippen molar-refractivity contribution in [3.8, 4) is 0 Å². The lowest BCUT2D eigenvalue weighted by molar-refractivity contribution is -0.116. The van der Waals surface area contributed by atoms with E-state index < -0.39 is 11.6 Å². The summed E-state index contributed by atoms with van der Waals surface area (Å²) >= 11 is 0. The minimum atomic E-state index is -0.547. The van der Waals surface area contributed by atoms with E-state index in [1.54, 1.807) is 4.90 Å². The van der Waals surface area contributed by atoms with Crippen molar-refractivity contribution in [3.05, 3.63) is 35.4 Å². The molecule has 0 saturated carbocycles. The summed E-state index contributed by atoms with van der Waals surface area (Å²) in [4.78, 5) is 12.7. The molecule has 1 aliphatic heterocycles. The van der Waals surface area contributed by atoms with E-state index in [0.717, 1.165) is 0 Å². The number of carbonyl (C=O) groups excluding carboxylic acids is 1. The molecule has 2 nitrogen and oxygen atoms in total. The summed E-state index contributed by atoms with van der Waals surface area (Å²) in [5, 5.41) is 0. The van der Waals surface area contributed by atoms with Gasteiger partial charge in [-0.25, -0.2) is 8.78 Å². The van der Waals surface area contributed by atoms with E-state index in [1.807, 2.05) is 0 Å². The fourth-order valence-electron chi connectivity index (χ4n) is 1.73. The molecule has 0 N–H and O–H groups in total. The molecule has 0 unspecified atom stereocenters. The largest absolute Gasteiger partial charge is 0.298 e. The Kier molecular flexibility index (Phi) is 2.77. The van der Waals surface area contributed by atoms with E-state index in [9.17, 15) is 13.6 Å². The van der Waals surface area contributed by atoms with Crippen molar-refractivity contribution in [2.75, 3.05) is 13.1 Å². The molecule has 0 spiro atoms. The normalized spacial score (nSPS) is 17.3. The average Bonchev–Trinajstić information content (AvgIpc) is 2.58. The van der Waals surface area contributed by atoms with Crippen LogP contribution in [0, 0.1) is 11.6 Å². The first-order valence-corrected chi connectivity index (χ1v) is 4.84. The Labute approximate surface area is 86.5 Å². The molecule has 0 bridgehead atoms. The lowest BCUT2D eigenvalue weighted by Gasteiger charge is -2.14. The summed E-state index contributed by atoms with van der Waals surface area (Å²) in [6, 6.07) is 3.80. The molecular weight excluding hydrogens is 200 g/mol. The first kappa shape index (κ1) is 10.2. The first-order chi connectivity index (χ1) is 7.16. The molecule has 2 rings (SSSR count). The minimum Gasteiger partial charge on any atom is -0.298 e. The quantitative estimate of drug-likeness (QED) is 0.742. The number of likely N-dealkylation sites (tertiary alicyclic amines) is 1. The third kappa shape index (κ3) is 2.21.